The van der Waals surface area contributed by atoms with Crippen LogP contribution in [0.5, 0.6) is 0 Å². The van der Waals surface area contributed by atoms with Crippen molar-refractivity contribution in [1.82, 2.24) is 14.8 Å². The average Bonchev–Trinajstić information content (AvgIpc) is 3.14. The van der Waals surface area contributed by atoms with Crippen LogP contribution in [0.2, 0.25) is 0 Å². The zero-order valence-electron chi connectivity index (χ0n) is 15.0. The zero-order chi connectivity index (χ0) is 20.1. The Balaban J connectivity index is 1.62. The normalized spacial score (nSPS) is 23.1. The van der Waals surface area contributed by atoms with Gasteiger partial charge in [-0.2, -0.15) is 10.1 Å². The van der Waals surface area contributed by atoms with Crippen molar-refractivity contribution in [3.63, 3.8) is 0 Å². The molecule has 0 unspecified atom stereocenters. The second-order valence-electron chi connectivity index (χ2n) is 7.23. The van der Waals surface area contributed by atoms with Crippen molar-refractivity contribution in [2.75, 3.05) is 5.32 Å². The Bertz CT molecular complexity index is 1120. The third kappa shape index (κ3) is 3.00. The maximum Gasteiger partial charge on any atom is 0.226 e. The van der Waals surface area contributed by atoms with E-state index in [1.807, 2.05) is 6.08 Å². The number of benzene rings is 2. The molecule has 8 heteroatoms. The fraction of sp³-hybridized carbons (Fsp3) is 0.190. The molecule has 1 aromatic heterocycles. The molecule has 0 radical (unpaired) electrons. The first-order valence-electron chi connectivity index (χ1n) is 9.12. The quantitative estimate of drug-likeness (QED) is 0.712. The summed E-state index contributed by atoms with van der Waals surface area (Å²) in [5.41, 5.74) is 1.72. The van der Waals surface area contributed by atoms with Gasteiger partial charge in [-0.1, -0.05) is 18.2 Å². The van der Waals surface area contributed by atoms with E-state index in [9.17, 15) is 18.0 Å². The number of rotatable bonds is 2. The predicted molar refractivity (Wildman–Crippen MR) is 98.5 cm³/mol. The first kappa shape index (κ1) is 17.7. The molecule has 0 bridgehead atoms. The molecule has 0 amide bonds. The monoisotopic (exact) mass is 396 g/mol. The highest BCUT2D eigenvalue weighted by Gasteiger charge is 2.43. The van der Waals surface area contributed by atoms with Gasteiger partial charge in [-0.25, -0.2) is 17.9 Å². The van der Waals surface area contributed by atoms with Crippen LogP contribution < -0.4 is 5.32 Å². The SMILES string of the molecule is O=C1C[C@@H](c2ccc(F)cc2)C=C2Nc3ncnn3[C@H](c3cc(F)cc(F)c3)[C@@H]12. The summed E-state index contributed by atoms with van der Waals surface area (Å²) >= 11 is 0. The fourth-order valence-electron chi connectivity index (χ4n) is 4.18. The number of allylic oxidation sites excluding steroid dienone is 2. The van der Waals surface area contributed by atoms with Gasteiger partial charge in [-0.3, -0.25) is 4.79 Å². The minimum Gasteiger partial charge on any atom is -0.328 e. The number of carbonyl (C=O) groups is 1. The van der Waals surface area contributed by atoms with Gasteiger partial charge >= 0.3 is 0 Å². The van der Waals surface area contributed by atoms with Gasteiger partial charge in [-0.05, 0) is 35.4 Å². The number of carbonyl (C=O) groups excluding carboxylic acids is 1. The maximum absolute atomic E-state index is 13.9. The molecular formula is C21H15F3N4O. The number of nitrogens with zero attached hydrogens (tertiary/aromatic N) is 3. The lowest BCUT2D eigenvalue weighted by Gasteiger charge is -2.38. The maximum atomic E-state index is 13.9. The zero-order valence-corrected chi connectivity index (χ0v) is 15.0. The van der Waals surface area contributed by atoms with Crippen molar-refractivity contribution in [2.24, 2.45) is 5.92 Å². The van der Waals surface area contributed by atoms with Gasteiger partial charge in [0.15, 0.2) is 0 Å². The smallest absolute Gasteiger partial charge is 0.226 e. The molecule has 29 heavy (non-hydrogen) atoms. The Kier molecular flexibility index (Phi) is 4.01. The molecule has 0 saturated carbocycles. The van der Waals surface area contributed by atoms with Gasteiger partial charge in [0.05, 0.1) is 12.0 Å². The molecule has 146 valence electrons. The Morgan fingerprint density at radius 1 is 0.966 bits per heavy atom. The van der Waals surface area contributed by atoms with Crippen molar-refractivity contribution in [2.45, 2.75) is 18.4 Å². The molecule has 5 rings (SSSR count). The van der Waals surface area contributed by atoms with E-state index in [0.29, 0.717) is 17.2 Å². The molecule has 0 fully saturated rings. The fourth-order valence-corrected chi connectivity index (χ4v) is 4.18. The number of halogens is 3. The summed E-state index contributed by atoms with van der Waals surface area (Å²) in [5, 5.41) is 7.28. The van der Waals surface area contributed by atoms with E-state index in [-0.39, 0.29) is 23.9 Å². The van der Waals surface area contributed by atoms with Gasteiger partial charge in [0.1, 0.15) is 29.6 Å². The van der Waals surface area contributed by atoms with Crippen LogP contribution in [0.1, 0.15) is 29.5 Å². The van der Waals surface area contributed by atoms with Gasteiger partial charge in [-0.15, -0.1) is 0 Å². The number of nitrogens with one attached hydrogen (secondary N) is 1. The summed E-state index contributed by atoms with van der Waals surface area (Å²) in [6.45, 7) is 0. The number of hydrogen-bond acceptors (Lipinski definition) is 4. The van der Waals surface area contributed by atoms with Crippen LogP contribution in [0, 0.1) is 23.4 Å². The molecule has 1 aliphatic carbocycles. The summed E-state index contributed by atoms with van der Waals surface area (Å²) in [7, 11) is 0. The van der Waals surface area contributed by atoms with Gasteiger partial charge < -0.3 is 5.32 Å². The van der Waals surface area contributed by atoms with Crippen LogP contribution >= 0.6 is 0 Å². The van der Waals surface area contributed by atoms with Crippen LogP contribution in [-0.2, 0) is 4.79 Å². The van der Waals surface area contributed by atoms with Crippen molar-refractivity contribution < 1.29 is 18.0 Å². The first-order valence-corrected chi connectivity index (χ1v) is 9.12. The number of Topliss-reactive ketones (excluding diaryl/α,β-unsaturated/α-hetero) is 1. The predicted octanol–water partition coefficient (Wildman–Crippen LogP) is 3.97. The molecule has 0 spiro atoms. The summed E-state index contributed by atoms with van der Waals surface area (Å²) in [4.78, 5) is 17.3. The number of hydrogen-bond donors (Lipinski definition) is 1. The second kappa shape index (κ2) is 6.58. The largest absolute Gasteiger partial charge is 0.328 e. The van der Waals surface area contributed by atoms with E-state index in [4.69, 9.17) is 0 Å². The Morgan fingerprint density at radius 3 is 2.41 bits per heavy atom. The highest BCUT2D eigenvalue weighted by atomic mass is 19.1. The van der Waals surface area contributed by atoms with E-state index < -0.39 is 23.6 Å². The summed E-state index contributed by atoms with van der Waals surface area (Å²) in [5.74, 6) is -2.42. The van der Waals surface area contributed by atoms with Gasteiger partial charge in [0.2, 0.25) is 5.95 Å². The Hall–Kier alpha value is -3.42. The van der Waals surface area contributed by atoms with Crippen LogP contribution in [-0.4, -0.2) is 20.5 Å². The number of aromatic nitrogens is 3. The molecule has 5 nitrogen and oxygen atoms in total. The molecule has 1 N–H and O–H groups in total. The van der Waals surface area contributed by atoms with E-state index in [1.54, 1.807) is 12.1 Å². The highest BCUT2D eigenvalue weighted by Crippen LogP contribution is 2.44. The Morgan fingerprint density at radius 2 is 1.69 bits per heavy atom. The topological polar surface area (TPSA) is 59.8 Å². The number of ketones is 1. The van der Waals surface area contributed by atoms with E-state index in [2.05, 4.69) is 15.4 Å². The number of fused-ring (bicyclic) bond motifs is 2. The van der Waals surface area contributed by atoms with Crippen molar-refractivity contribution >= 4 is 11.7 Å². The first-order chi connectivity index (χ1) is 14.0. The van der Waals surface area contributed by atoms with Gasteiger partial charge in [0.25, 0.3) is 0 Å². The number of anilines is 1. The second-order valence-corrected chi connectivity index (χ2v) is 7.23. The third-order valence-electron chi connectivity index (χ3n) is 5.42. The average molecular weight is 396 g/mol. The van der Waals surface area contributed by atoms with Crippen LogP contribution in [0.3, 0.4) is 0 Å². The van der Waals surface area contributed by atoms with Gasteiger partial charge in [0, 0.05) is 24.1 Å². The lowest BCUT2D eigenvalue weighted by atomic mass is 9.75. The third-order valence-corrected chi connectivity index (χ3v) is 5.42. The van der Waals surface area contributed by atoms with Crippen molar-refractivity contribution in [3.05, 3.63) is 89.1 Å². The Labute approximate surface area is 163 Å². The van der Waals surface area contributed by atoms with Crippen molar-refractivity contribution in [1.29, 1.82) is 0 Å². The minimum atomic E-state index is -0.724. The van der Waals surface area contributed by atoms with Crippen LogP contribution in [0.15, 0.2) is 60.6 Å². The summed E-state index contributed by atoms with van der Waals surface area (Å²) in [6.07, 6.45) is 3.42. The van der Waals surface area contributed by atoms with E-state index in [1.165, 1.54) is 35.3 Å². The summed E-state index contributed by atoms with van der Waals surface area (Å²) in [6, 6.07) is 8.50. The van der Waals surface area contributed by atoms with E-state index >= 15 is 0 Å². The lowest BCUT2D eigenvalue weighted by Crippen LogP contribution is -2.40. The lowest BCUT2D eigenvalue weighted by molar-refractivity contribution is -0.123. The molecule has 1 aliphatic heterocycles. The molecule has 2 heterocycles. The highest BCUT2D eigenvalue weighted by molar-refractivity contribution is 5.88. The standard InChI is InChI=1S/C21H15F3N4O/c22-14-3-1-11(2-4-14)12-7-17-19(18(29)8-12)20(28-21(27-17)25-10-26-28)13-5-15(23)9-16(24)6-13/h1-7,9-10,12,19-20H,8H2,(H,25,26,27)/t12-,19+,20+/m0/s1. The minimum absolute atomic E-state index is 0.0971. The molecule has 2 aliphatic rings. The summed E-state index contributed by atoms with van der Waals surface area (Å²) < 4.78 is 42.5. The van der Waals surface area contributed by atoms with Crippen molar-refractivity contribution in [3.8, 4) is 0 Å². The molecule has 3 atom stereocenters. The van der Waals surface area contributed by atoms with Crippen LogP contribution in [0.25, 0.3) is 0 Å². The molecule has 3 aromatic rings. The van der Waals surface area contributed by atoms with Crippen LogP contribution in [0.4, 0.5) is 19.1 Å². The molecular weight excluding hydrogens is 381 g/mol. The molecule has 2 aromatic carbocycles. The molecule has 0 saturated heterocycles. The van der Waals surface area contributed by atoms with E-state index in [0.717, 1.165) is 11.6 Å².